The molecule has 0 aliphatic rings. The first-order chi connectivity index (χ1) is 1.73. The van der Waals surface area contributed by atoms with Crippen LogP contribution >= 0.6 is 31.9 Å². The van der Waals surface area contributed by atoms with Crippen molar-refractivity contribution in [2.24, 2.45) is 0 Å². The Hall–Kier alpha value is 1.18. The second-order valence-electron chi connectivity index (χ2n) is 0.301. The molecule has 0 spiro atoms. The van der Waals surface area contributed by atoms with Crippen molar-refractivity contribution >= 4 is 42.1 Å². The van der Waals surface area contributed by atoms with Gasteiger partial charge >= 0.3 is 0 Å². The SMILES string of the molecule is [Si]C(Br)Br. The monoisotopic (exact) mass is 199 g/mol. The third kappa shape index (κ3) is 10.9. The van der Waals surface area contributed by atoms with Gasteiger partial charge in [0.15, 0.2) is 0 Å². The quantitative estimate of drug-likeness (QED) is 0.408. The normalized spacial score (nSPS) is 9.00. The Morgan fingerprint density at radius 3 is 1.50 bits per heavy atom. The highest BCUT2D eigenvalue weighted by Crippen LogP contribution is 1.98. The first kappa shape index (κ1) is 5.18. The topological polar surface area (TPSA) is 0 Å². The van der Waals surface area contributed by atoms with Crippen LogP contribution in [0.4, 0.5) is 0 Å². The average molecular weight is 201 g/mol. The summed E-state index contributed by atoms with van der Waals surface area (Å²) in [4.78, 5) is 0. The van der Waals surface area contributed by atoms with Crippen molar-refractivity contribution in [3.63, 3.8) is 0 Å². The number of alkyl halides is 2. The van der Waals surface area contributed by atoms with E-state index in [-0.39, 0.29) is 3.36 Å². The zero-order valence-corrected chi connectivity index (χ0v) is 6.01. The summed E-state index contributed by atoms with van der Waals surface area (Å²) in [7, 11) is 3.15. The summed E-state index contributed by atoms with van der Waals surface area (Å²) in [5, 5.41) is 0. The molecule has 0 aliphatic carbocycles. The van der Waals surface area contributed by atoms with Crippen LogP contribution in [0.5, 0.6) is 0 Å². The van der Waals surface area contributed by atoms with E-state index in [0.29, 0.717) is 0 Å². The van der Waals surface area contributed by atoms with Crippen LogP contribution in [0.3, 0.4) is 0 Å². The second-order valence-corrected chi connectivity index (χ2v) is 5.63. The molecule has 0 aromatic heterocycles. The van der Waals surface area contributed by atoms with Crippen molar-refractivity contribution in [2.45, 2.75) is 3.36 Å². The zero-order chi connectivity index (χ0) is 3.58. The van der Waals surface area contributed by atoms with Crippen LogP contribution in [0, 0.1) is 0 Å². The van der Waals surface area contributed by atoms with E-state index in [1.54, 1.807) is 0 Å². The van der Waals surface area contributed by atoms with Crippen molar-refractivity contribution in [1.82, 2.24) is 0 Å². The van der Waals surface area contributed by atoms with Crippen molar-refractivity contribution in [3.05, 3.63) is 0 Å². The van der Waals surface area contributed by atoms with Gasteiger partial charge in [-0.1, -0.05) is 31.9 Å². The Bertz CT molecular complexity index is 10.8. The Morgan fingerprint density at radius 2 is 1.50 bits per heavy atom. The van der Waals surface area contributed by atoms with E-state index in [4.69, 9.17) is 0 Å². The summed E-state index contributed by atoms with van der Waals surface area (Å²) in [6.45, 7) is 0. The Kier molecular flexibility index (Phi) is 3.13. The fourth-order valence-electron chi connectivity index (χ4n) is 0. The molecule has 0 saturated heterocycles. The van der Waals surface area contributed by atoms with Crippen LogP contribution in [0.15, 0.2) is 0 Å². The molecule has 0 aromatic carbocycles. The lowest BCUT2D eigenvalue weighted by atomic mass is 11.9. The largest absolute Gasteiger partial charge is 0.0812 e. The standard InChI is InChI=1S/CHBr2Si/c2-1(3)4/h1H. The summed E-state index contributed by atoms with van der Waals surface area (Å²) in [6.07, 6.45) is 0. The van der Waals surface area contributed by atoms with Crippen LogP contribution in [0.1, 0.15) is 0 Å². The molecule has 0 fully saturated rings. The number of halogens is 2. The van der Waals surface area contributed by atoms with Gasteiger partial charge in [0.25, 0.3) is 0 Å². The van der Waals surface area contributed by atoms with Gasteiger partial charge in [0.05, 0.1) is 13.6 Å². The lowest BCUT2D eigenvalue weighted by molar-refractivity contribution is 2.16. The zero-order valence-electron chi connectivity index (χ0n) is 1.83. The van der Waals surface area contributed by atoms with Crippen molar-refractivity contribution in [2.75, 3.05) is 0 Å². The molecule has 0 aromatic rings. The molecule has 0 aliphatic heterocycles. The van der Waals surface area contributed by atoms with Crippen LogP contribution in [-0.4, -0.2) is 13.6 Å². The average Bonchev–Trinajstić information content (AvgIpc) is 0.811. The number of hydrogen-bond donors (Lipinski definition) is 0. The Morgan fingerprint density at radius 1 is 1.50 bits per heavy atom. The van der Waals surface area contributed by atoms with E-state index in [1.165, 1.54) is 0 Å². The van der Waals surface area contributed by atoms with Gasteiger partial charge in [-0.3, -0.25) is 0 Å². The predicted molar refractivity (Wildman–Crippen MR) is 27.4 cm³/mol. The van der Waals surface area contributed by atoms with E-state index in [9.17, 15) is 0 Å². The summed E-state index contributed by atoms with van der Waals surface area (Å²) in [5.41, 5.74) is 0. The van der Waals surface area contributed by atoms with Gasteiger partial charge in [0.1, 0.15) is 0 Å². The van der Waals surface area contributed by atoms with Crippen LogP contribution in [0.25, 0.3) is 0 Å². The number of rotatable bonds is 0. The molecule has 0 N–H and O–H groups in total. The molecule has 0 heterocycles. The van der Waals surface area contributed by atoms with Gasteiger partial charge in [-0.25, -0.2) is 0 Å². The third-order valence-corrected chi connectivity index (χ3v) is 0. The van der Waals surface area contributed by atoms with E-state index in [0.717, 1.165) is 0 Å². The van der Waals surface area contributed by atoms with Gasteiger partial charge < -0.3 is 0 Å². The smallest absolute Gasteiger partial charge is 0.0583 e. The van der Waals surface area contributed by atoms with Gasteiger partial charge in [-0.2, -0.15) is 0 Å². The molecule has 23 valence electrons. The molecule has 0 rings (SSSR count). The lowest BCUT2D eigenvalue weighted by Crippen LogP contribution is -1.73. The van der Waals surface area contributed by atoms with Crippen molar-refractivity contribution < 1.29 is 0 Å². The molecule has 0 nitrogen and oxygen atoms in total. The first-order valence-electron chi connectivity index (χ1n) is 0.725. The summed E-state index contributed by atoms with van der Waals surface area (Å²) < 4.78 is 0.264. The maximum Gasteiger partial charge on any atom is 0.0583 e. The highest BCUT2D eigenvalue weighted by molar-refractivity contribution is 9.25. The highest BCUT2D eigenvalue weighted by Gasteiger charge is 1.74. The summed E-state index contributed by atoms with van der Waals surface area (Å²) in [6, 6.07) is 0. The molecule has 3 radical (unpaired) electrons. The van der Waals surface area contributed by atoms with Crippen LogP contribution in [0.2, 0.25) is 0 Å². The molecular formula is CHBr2Si. The minimum atomic E-state index is 0.264. The van der Waals surface area contributed by atoms with E-state index in [1.807, 2.05) is 0 Å². The molecule has 0 bridgehead atoms. The fraction of sp³-hybridized carbons (Fsp3) is 1.00. The highest BCUT2D eigenvalue weighted by atomic mass is 79.9. The molecule has 0 unspecified atom stereocenters. The minimum Gasteiger partial charge on any atom is -0.0812 e. The summed E-state index contributed by atoms with van der Waals surface area (Å²) >= 11 is 6.20. The lowest BCUT2D eigenvalue weighted by Gasteiger charge is -1.72. The van der Waals surface area contributed by atoms with Gasteiger partial charge in [-0.15, -0.1) is 0 Å². The molecule has 3 heteroatoms. The van der Waals surface area contributed by atoms with Gasteiger partial charge in [0, 0.05) is 0 Å². The Balaban J connectivity index is 2.32. The minimum absolute atomic E-state index is 0.264. The van der Waals surface area contributed by atoms with Crippen LogP contribution in [-0.2, 0) is 0 Å². The van der Waals surface area contributed by atoms with E-state index < -0.39 is 0 Å². The predicted octanol–water partition coefficient (Wildman–Crippen LogP) is 1.23. The number of hydrogen-bond acceptors (Lipinski definition) is 0. The van der Waals surface area contributed by atoms with Gasteiger partial charge in [-0.05, 0) is 0 Å². The van der Waals surface area contributed by atoms with Gasteiger partial charge in [0.2, 0.25) is 0 Å². The maximum atomic E-state index is 3.15. The molecular weight excluding hydrogens is 200 g/mol. The Labute approximate surface area is 45.6 Å². The maximum absolute atomic E-state index is 3.15. The fourth-order valence-corrected chi connectivity index (χ4v) is 0. The third-order valence-electron chi connectivity index (χ3n) is 0. The first-order valence-corrected chi connectivity index (χ1v) is 3.13. The van der Waals surface area contributed by atoms with E-state index in [2.05, 4.69) is 42.1 Å². The molecule has 0 saturated carbocycles. The van der Waals surface area contributed by atoms with Crippen molar-refractivity contribution in [1.29, 1.82) is 0 Å². The van der Waals surface area contributed by atoms with E-state index >= 15 is 0 Å². The van der Waals surface area contributed by atoms with Crippen molar-refractivity contribution in [3.8, 4) is 0 Å². The molecule has 4 heavy (non-hydrogen) atoms. The second kappa shape index (κ2) is 2.42. The van der Waals surface area contributed by atoms with Crippen LogP contribution < -0.4 is 0 Å². The molecule has 0 amide bonds. The summed E-state index contributed by atoms with van der Waals surface area (Å²) in [5.74, 6) is 0. The molecule has 0 atom stereocenters.